The van der Waals surface area contributed by atoms with E-state index in [0.29, 0.717) is 11.4 Å². The molecule has 0 aliphatic carbocycles. The van der Waals surface area contributed by atoms with Gasteiger partial charge in [0.1, 0.15) is 5.82 Å². The summed E-state index contributed by atoms with van der Waals surface area (Å²) in [6.45, 7) is 0.274. The molecule has 142 valence electrons. The van der Waals surface area contributed by atoms with E-state index in [4.69, 9.17) is 5.73 Å². The number of aromatic amines is 1. The highest BCUT2D eigenvalue weighted by Crippen LogP contribution is 2.34. The molecular weight excluding hydrogens is 382 g/mol. The van der Waals surface area contributed by atoms with Crippen molar-refractivity contribution in [1.29, 1.82) is 0 Å². The van der Waals surface area contributed by atoms with Gasteiger partial charge in [-0.25, -0.2) is 13.9 Å². The number of anilines is 1. The van der Waals surface area contributed by atoms with Crippen molar-refractivity contribution in [3.8, 4) is 0 Å². The van der Waals surface area contributed by atoms with Crippen molar-refractivity contribution in [3.63, 3.8) is 0 Å². The molecule has 0 saturated carbocycles. The summed E-state index contributed by atoms with van der Waals surface area (Å²) in [5.41, 5.74) is 8.67. The number of nitrogens with zero attached hydrogens (tertiary/aromatic N) is 4. The number of rotatable bonds is 4. The van der Waals surface area contributed by atoms with Gasteiger partial charge >= 0.3 is 0 Å². The summed E-state index contributed by atoms with van der Waals surface area (Å²) in [6, 6.07) is 12.0. The number of allylic oxidation sites excluding steroid dienone is 2. The Bertz CT molecular complexity index is 1060. The summed E-state index contributed by atoms with van der Waals surface area (Å²) in [4.78, 5) is 2.65. The van der Waals surface area contributed by atoms with Gasteiger partial charge in [-0.2, -0.15) is 0 Å². The Labute approximate surface area is 164 Å². The van der Waals surface area contributed by atoms with Crippen LogP contribution in [0.5, 0.6) is 0 Å². The molecule has 0 spiro atoms. The van der Waals surface area contributed by atoms with Gasteiger partial charge in [0, 0.05) is 4.90 Å². The number of tetrazole rings is 1. The average Bonchev–Trinajstić information content (AvgIpc) is 3.25. The molecule has 0 unspecified atom stereocenters. The highest BCUT2D eigenvalue weighted by molar-refractivity contribution is 7.98. The third-order valence-corrected chi connectivity index (χ3v) is 5.24. The Morgan fingerprint density at radius 3 is 2.61 bits per heavy atom. The molecule has 28 heavy (non-hydrogen) atoms. The van der Waals surface area contributed by atoms with Crippen molar-refractivity contribution in [2.24, 2.45) is 5.73 Å². The minimum absolute atomic E-state index is 0.0498. The van der Waals surface area contributed by atoms with Gasteiger partial charge in [0.25, 0.3) is 0 Å². The van der Waals surface area contributed by atoms with E-state index in [0.717, 1.165) is 22.1 Å². The van der Waals surface area contributed by atoms with E-state index in [9.17, 15) is 8.78 Å². The van der Waals surface area contributed by atoms with E-state index < -0.39 is 11.6 Å². The third kappa shape index (κ3) is 3.24. The molecule has 3 N–H and O–H groups in total. The minimum Gasteiger partial charge on any atom is -0.384 e. The second-order valence-corrected chi connectivity index (χ2v) is 6.99. The van der Waals surface area contributed by atoms with E-state index in [1.165, 1.54) is 17.0 Å². The lowest BCUT2D eigenvalue weighted by molar-refractivity contribution is 0.508. The first-order chi connectivity index (χ1) is 13.6. The lowest BCUT2D eigenvalue weighted by atomic mass is 9.98. The Morgan fingerprint density at radius 2 is 1.93 bits per heavy atom. The standard InChI is InChI=1S/C19H16F2N6S/c1-28-13-7-5-11(6-8-13)12-9-14(19-23-25-26-24-19)18(22)27(10-12)16-4-2-3-15(20)17(16)21/h2-9H,10,22H2,1H3,(H,23,24,25,26). The van der Waals surface area contributed by atoms with Crippen LogP contribution in [-0.4, -0.2) is 33.4 Å². The molecule has 0 amide bonds. The largest absolute Gasteiger partial charge is 0.384 e. The number of benzene rings is 2. The summed E-state index contributed by atoms with van der Waals surface area (Å²) >= 11 is 1.64. The molecule has 1 aliphatic rings. The second-order valence-electron chi connectivity index (χ2n) is 6.11. The van der Waals surface area contributed by atoms with Crippen LogP contribution in [-0.2, 0) is 0 Å². The van der Waals surface area contributed by atoms with Gasteiger partial charge in [-0.15, -0.1) is 16.9 Å². The van der Waals surface area contributed by atoms with Crippen molar-refractivity contribution in [2.45, 2.75) is 4.90 Å². The number of aromatic nitrogens is 4. The van der Waals surface area contributed by atoms with E-state index in [-0.39, 0.29) is 18.1 Å². The zero-order valence-electron chi connectivity index (χ0n) is 14.9. The summed E-state index contributed by atoms with van der Waals surface area (Å²) in [7, 11) is 0. The van der Waals surface area contributed by atoms with E-state index >= 15 is 0 Å². The van der Waals surface area contributed by atoms with Crippen LogP contribution in [0.25, 0.3) is 11.1 Å². The maximum Gasteiger partial charge on any atom is 0.183 e. The normalized spacial score (nSPS) is 14.4. The average molecular weight is 398 g/mol. The van der Waals surface area contributed by atoms with Crippen LogP contribution in [0.15, 0.2) is 59.3 Å². The molecule has 4 rings (SSSR count). The fourth-order valence-electron chi connectivity index (χ4n) is 3.05. The zero-order chi connectivity index (χ0) is 19.7. The van der Waals surface area contributed by atoms with E-state index in [1.807, 2.05) is 36.6 Å². The van der Waals surface area contributed by atoms with Crippen molar-refractivity contribution < 1.29 is 8.78 Å². The van der Waals surface area contributed by atoms with Gasteiger partial charge in [-0.05, 0) is 58.2 Å². The molecule has 2 heterocycles. The lowest BCUT2D eigenvalue weighted by Gasteiger charge is -2.31. The molecule has 0 radical (unpaired) electrons. The lowest BCUT2D eigenvalue weighted by Crippen LogP contribution is -2.34. The van der Waals surface area contributed by atoms with Gasteiger partial charge in [0.05, 0.1) is 17.8 Å². The Hall–Kier alpha value is -3.20. The molecule has 6 nitrogen and oxygen atoms in total. The Balaban J connectivity index is 1.84. The monoisotopic (exact) mass is 398 g/mol. The topological polar surface area (TPSA) is 83.7 Å². The van der Waals surface area contributed by atoms with Crippen LogP contribution in [0.4, 0.5) is 14.5 Å². The van der Waals surface area contributed by atoms with Crippen molar-refractivity contribution in [2.75, 3.05) is 17.7 Å². The van der Waals surface area contributed by atoms with Gasteiger partial charge in [-0.1, -0.05) is 18.2 Å². The predicted octanol–water partition coefficient (Wildman–Crippen LogP) is 3.43. The summed E-state index contributed by atoms with van der Waals surface area (Å²) < 4.78 is 28.3. The van der Waals surface area contributed by atoms with Crippen LogP contribution in [0.3, 0.4) is 0 Å². The molecular formula is C19H16F2N6S. The number of thioether (sulfide) groups is 1. The predicted molar refractivity (Wildman–Crippen MR) is 105 cm³/mol. The van der Waals surface area contributed by atoms with Gasteiger partial charge in [0.2, 0.25) is 0 Å². The molecule has 0 saturated heterocycles. The highest BCUT2D eigenvalue weighted by Gasteiger charge is 2.26. The van der Waals surface area contributed by atoms with Gasteiger partial charge < -0.3 is 10.6 Å². The maximum absolute atomic E-state index is 14.5. The van der Waals surface area contributed by atoms with E-state index in [2.05, 4.69) is 20.6 Å². The fourth-order valence-corrected chi connectivity index (χ4v) is 3.46. The maximum atomic E-state index is 14.5. The number of nitrogens with two attached hydrogens (primary N) is 1. The summed E-state index contributed by atoms with van der Waals surface area (Å²) in [6.07, 6.45) is 3.86. The first-order valence-corrected chi connectivity index (χ1v) is 9.61. The number of halogens is 2. The molecule has 0 atom stereocenters. The van der Waals surface area contributed by atoms with Crippen LogP contribution < -0.4 is 10.6 Å². The Morgan fingerprint density at radius 1 is 1.14 bits per heavy atom. The molecule has 0 bridgehead atoms. The van der Waals surface area contributed by atoms with Gasteiger partial charge in [-0.3, -0.25) is 0 Å². The molecule has 1 aromatic heterocycles. The molecule has 1 aliphatic heterocycles. The quantitative estimate of drug-likeness (QED) is 0.655. The zero-order valence-corrected chi connectivity index (χ0v) is 15.7. The molecule has 0 fully saturated rings. The SMILES string of the molecule is CSc1ccc(C2=CC(c3nnn[nH]3)=C(N)N(c3cccc(F)c3F)C2)cc1. The molecule has 2 aromatic carbocycles. The summed E-state index contributed by atoms with van der Waals surface area (Å²) in [5.74, 6) is -1.32. The minimum atomic E-state index is -0.959. The first kappa shape index (κ1) is 18.2. The highest BCUT2D eigenvalue weighted by atomic mass is 32.2. The van der Waals surface area contributed by atoms with Gasteiger partial charge in [0.15, 0.2) is 17.5 Å². The first-order valence-electron chi connectivity index (χ1n) is 8.39. The molecule has 9 heteroatoms. The van der Waals surface area contributed by atoms with Crippen LogP contribution in [0.1, 0.15) is 11.4 Å². The number of hydrogen-bond acceptors (Lipinski definition) is 6. The Kier molecular flexibility index (Phi) is 4.82. The number of nitrogens with one attached hydrogen (secondary N) is 1. The molecule has 3 aromatic rings. The van der Waals surface area contributed by atoms with Crippen LogP contribution in [0.2, 0.25) is 0 Å². The van der Waals surface area contributed by atoms with Crippen LogP contribution >= 0.6 is 11.8 Å². The summed E-state index contributed by atoms with van der Waals surface area (Å²) in [5, 5.41) is 13.8. The van der Waals surface area contributed by atoms with Crippen molar-refractivity contribution in [1.82, 2.24) is 20.6 Å². The smallest absolute Gasteiger partial charge is 0.183 e. The van der Waals surface area contributed by atoms with E-state index in [1.54, 1.807) is 11.8 Å². The number of hydrogen-bond donors (Lipinski definition) is 2. The fraction of sp³-hybridized carbons (Fsp3) is 0.105. The van der Waals surface area contributed by atoms with Crippen molar-refractivity contribution in [3.05, 3.63) is 77.4 Å². The number of H-pyrrole nitrogens is 1. The second kappa shape index (κ2) is 7.43. The third-order valence-electron chi connectivity index (χ3n) is 4.50. The van der Waals surface area contributed by atoms with Crippen molar-refractivity contribution >= 4 is 28.6 Å². The van der Waals surface area contributed by atoms with Crippen LogP contribution in [0, 0.1) is 11.6 Å².